The van der Waals surface area contributed by atoms with Gasteiger partial charge < -0.3 is 15.2 Å². The molecule has 6 nitrogen and oxygen atoms in total. The maximum absolute atomic E-state index is 8.12. The quantitative estimate of drug-likeness (QED) is 0.913. The Morgan fingerprint density at radius 3 is 2.68 bits per heavy atom. The van der Waals surface area contributed by atoms with Crippen molar-refractivity contribution >= 4 is 22.7 Å². The highest BCUT2D eigenvalue weighted by molar-refractivity contribution is 5.95. The zero-order valence-electron chi connectivity index (χ0n) is 12.4. The Kier molecular flexibility index (Phi) is 5.47. The minimum atomic E-state index is 0.208. The number of aryl methyl sites for hydroxylation is 1. The molecule has 0 bridgehead atoms. The Balaban J connectivity index is 0.000000545. The van der Waals surface area contributed by atoms with Crippen molar-refractivity contribution in [1.82, 2.24) is 4.98 Å². The van der Waals surface area contributed by atoms with Crippen LogP contribution in [0.3, 0.4) is 0 Å². The first-order valence-corrected chi connectivity index (χ1v) is 7.05. The molecule has 0 radical (unpaired) electrons. The Bertz CT molecular complexity index is 675. The predicted octanol–water partition coefficient (Wildman–Crippen LogP) is 2.10. The number of hydrogen-bond acceptors (Lipinski definition) is 6. The maximum atomic E-state index is 8.12. The first-order chi connectivity index (χ1) is 10.7. The molecule has 2 heterocycles. The molecule has 0 spiro atoms. The second-order valence-corrected chi connectivity index (χ2v) is 5.02. The molecular formula is C16H18N2O4. The summed E-state index contributed by atoms with van der Waals surface area (Å²) in [5, 5.41) is 0.916. The van der Waals surface area contributed by atoms with Gasteiger partial charge in [-0.25, -0.2) is 0 Å². The average Bonchev–Trinajstić information content (AvgIpc) is 2.48. The van der Waals surface area contributed by atoms with Crippen LogP contribution in [0.25, 0.3) is 10.9 Å². The fourth-order valence-corrected chi connectivity index (χ4v) is 2.49. The van der Waals surface area contributed by atoms with Gasteiger partial charge in [0, 0.05) is 24.2 Å². The van der Waals surface area contributed by atoms with Crippen LogP contribution in [0.1, 0.15) is 18.5 Å². The van der Waals surface area contributed by atoms with Crippen LogP contribution >= 0.6 is 0 Å². The first kappa shape index (κ1) is 15.9. The van der Waals surface area contributed by atoms with Crippen LogP contribution in [0.5, 0.6) is 5.75 Å². The minimum Gasteiger partial charge on any atom is -0.489 e. The first-order valence-electron chi connectivity index (χ1n) is 7.05. The van der Waals surface area contributed by atoms with E-state index in [4.69, 9.17) is 24.8 Å². The lowest BCUT2D eigenvalue weighted by Gasteiger charge is -2.24. The molecule has 2 aromatic rings. The number of fused-ring (bicyclic) bond motifs is 1. The standard InChI is InChI=1S/C15H18N2O2.CO2/c1-10-9-12(16)15-13(17-10)3-2-4-14(15)19-11-5-7-18-8-6-11;2-1-3/h2-4,9,11H,5-8H2,1H3,(H2,16,17);. The third-order valence-electron chi connectivity index (χ3n) is 3.42. The van der Waals surface area contributed by atoms with Gasteiger partial charge in [-0.15, -0.1) is 0 Å². The molecule has 6 heteroatoms. The van der Waals surface area contributed by atoms with Crippen LogP contribution in [-0.2, 0) is 14.3 Å². The van der Waals surface area contributed by atoms with Crippen molar-refractivity contribution in [3.8, 4) is 5.75 Å². The van der Waals surface area contributed by atoms with Crippen molar-refractivity contribution in [3.05, 3.63) is 30.0 Å². The Labute approximate surface area is 128 Å². The van der Waals surface area contributed by atoms with E-state index in [9.17, 15) is 0 Å². The third kappa shape index (κ3) is 3.81. The van der Waals surface area contributed by atoms with E-state index in [1.54, 1.807) is 0 Å². The van der Waals surface area contributed by atoms with Gasteiger partial charge in [-0.3, -0.25) is 4.98 Å². The SMILES string of the molecule is Cc1cc(N)c2c(OC3CCOCC3)cccc2n1.O=C=O. The molecule has 0 amide bonds. The van der Waals surface area contributed by atoms with E-state index in [2.05, 4.69) is 4.98 Å². The molecule has 0 aliphatic carbocycles. The van der Waals surface area contributed by atoms with Crippen LogP contribution in [0.15, 0.2) is 24.3 Å². The van der Waals surface area contributed by atoms with E-state index in [0.29, 0.717) is 0 Å². The second kappa shape index (κ2) is 7.54. The van der Waals surface area contributed by atoms with Crippen LogP contribution in [0, 0.1) is 6.92 Å². The van der Waals surface area contributed by atoms with Gasteiger partial charge >= 0.3 is 6.15 Å². The summed E-state index contributed by atoms with van der Waals surface area (Å²) in [6.45, 7) is 3.48. The van der Waals surface area contributed by atoms with Crippen molar-refractivity contribution < 1.29 is 19.1 Å². The number of nitrogen functional groups attached to an aromatic ring is 1. The number of anilines is 1. The molecule has 1 aliphatic heterocycles. The summed E-state index contributed by atoms with van der Waals surface area (Å²) in [4.78, 5) is 20.8. The number of hydrogen-bond donors (Lipinski definition) is 1. The van der Waals surface area contributed by atoms with Crippen LogP contribution in [0.4, 0.5) is 5.69 Å². The van der Waals surface area contributed by atoms with E-state index < -0.39 is 0 Å². The van der Waals surface area contributed by atoms with Gasteiger partial charge in [0.2, 0.25) is 0 Å². The van der Waals surface area contributed by atoms with E-state index in [1.807, 2.05) is 31.2 Å². The zero-order valence-corrected chi connectivity index (χ0v) is 12.4. The molecule has 0 unspecified atom stereocenters. The highest BCUT2D eigenvalue weighted by atomic mass is 16.5. The molecule has 1 fully saturated rings. The number of benzene rings is 1. The van der Waals surface area contributed by atoms with E-state index in [1.165, 1.54) is 0 Å². The molecule has 3 rings (SSSR count). The van der Waals surface area contributed by atoms with Gasteiger partial charge in [0.25, 0.3) is 0 Å². The fourth-order valence-electron chi connectivity index (χ4n) is 2.49. The summed E-state index contributed by atoms with van der Waals surface area (Å²) >= 11 is 0. The molecular weight excluding hydrogens is 284 g/mol. The largest absolute Gasteiger partial charge is 0.489 e. The Morgan fingerprint density at radius 1 is 1.32 bits per heavy atom. The lowest BCUT2D eigenvalue weighted by molar-refractivity contribution is -0.191. The highest BCUT2D eigenvalue weighted by Crippen LogP contribution is 2.31. The van der Waals surface area contributed by atoms with Gasteiger partial charge in [0.15, 0.2) is 0 Å². The van der Waals surface area contributed by atoms with Crippen molar-refractivity contribution in [2.45, 2.75) is 25.9 Å². The van der Waals surface area contributed by atoms with Crippen molar-refractivity contribution in [2.75, 3.05) is 18.9 Å². The zero-order chi connectivity index (χ0) is 15.9. The van der Waals surface area contributed by atoms with Gasteiger partial charge in [-0.05, 0) is 25.1 Å². The molecule has 1 aromatic heterocycles. The number of nitrogens with two attached hydrogens (primary N) is 1. The Morgan fingerprint density at radius 2 is 2.00 bits per heavy atom. The summed E-state index contributed by atoms with van der Waals surface area (Å²) in [6.07, 6.45) is 2.31. The highest BCUT2D eigenvalue weighted by Gasteiger charge is 2.17. The van der Waals surface area contributed by atoms with Crippen LogP contribution in [-0.4, -0.2) is 30.5 Å². The van der Waals surface area contributed by atoms with E-state index >= 15 is 0 Å². The smallest absolute Gasteiger partial charge is 0.373 e. The molecule has 1 aromatic carbocycles. The fraction of sp³-hybridized carbons (Fsp3) is 0.375. The van der Waals surface area contributed by atoms with Gasteiger partial charge in [0.05, 0.1) is 24.1 Å². The van der Waals surface area contributed by atoms with E-state index in [0.717, 1.165) is 54.1 Å². The molecule has 2 N–H and O–H groups in total. The van der Waals surface area contributed by atoms with Crippen LogP contribution < -0.4 is 10.5 Å². The number of aromatic nitrogens is 1. The average molecular weight is 302 g/mol. The number of ether oxygens (including phenoxy) is 2. The molecule has 0 atom stereocenters. The predicted molar refractivity (Wildman–Crippen MR) is 80.4 cm³/mol. The lowest BCUT2D eigenvalue weighted by atomic mass is 10.1. The van der Waals surface area contributed by atoms with Crippen molar-refractivity contribution in [2.24, 2.45) is 0 Å². The summed E-state index contributed by atoms with van der Waals surface area (Å²) in [7, 11) is 0. The van der Waals surface area contributed by atoms with Gasteiger partial charge in [0.1, 0.15) is 11.9 Å². The number of nitrogens with zero attached hydrogens (tertiary/aromatic N) is 1. The molecule has 22 heavy (non-hydrogen) atoms. The maximum Gasteiger partial charge on any atom is 0.373 e. The second-order valence-electron chi connectivity index (χ2n) is 5.02. The van der Waals surface area contributed by atoms with E-state index in [-0.39, 0.29) is 12.3 Å². The molecule has 1 aliphatic rings. The Hall–Kier alpha value is -2.43. The van der Waals surface area contributed by atoms with Crippen LogP contribution in [0.2, 0.25) is 0 Å². The number of carbonyl (C=O) groups excluding carboxylic acids is 2. The summed E-state index contributed by atoms with van der Waals surface area (Å²) < 4.78 is 11.4. The number of rotatable bonds is 2. The summed E-state index contributed by atoms with van der Waals surface area (Å²) in [6, 6.07) is 7.78. The topological polar surface area (TPSA) is 91.5 Å². The summed E-state index contributed by atoms with van der Waals surface area (Å²) in [5.41, 5.74) is 8.66. The summed E-state index contributed by atoms with van der Waals surface area (Å²) in [5.74, 6) is 0.828. The monoisotopic (exact) mass is 302 g/mol. The van der Waals surface area contributed by atoms with Gasteiger partial charge in [-0.2, -0.15) is 9.59 Å². The number of pyridine rings is 1. The normalized spacial score (nSPS) is 14.8. The minimum absolute atomic E-state index is 0.208. The molecule has 0 saturated carbocycles. The van der Waals surface area contributed by atoms with Crippen molar-refractivity contribution in [1.29, 1.82) is 0 Å². The molecule has 116 valence electrons. The molecule has 1 saturated heterocycles. The lowest BCUT2D eigenvalue weighted by Crippen LogP contribution is -2.26. The van der Waals surface area contributed by atoms with Crippen molar-refractivity contribution in [3.63, 3.8) is 0 Å². The third-order valence-corrected chi connectivity index (χ3v) is 3.42. The van der Waals surface area contributed by atoms with Gasteiger partial charge in [-0.1, -0.05) is 6.07 Å².